The normalized spacial score (nSPS) is 12.9. The van der Waals surface area contributed by atoms with Gasteiger partial charge >= 0.3 is 0 Å². The van der Waals surface area contributed by atoms with Gasteiger partial charge in [0.2, 0.25) is 0 Å². The minimum Gasteiger partial charge on any atom is -0.489 e. The highest BCUT2D eigenvalue weighted by Gasteiger charge is 2.19. The van der Waals surface area contributed by atoms with Crippen LogP contribution in [0.15, 0.2) is 36.4 Å². The van der Waals surface area contributed by atoms with Gasteiger partial charge in [0, 0.05) is 12.2 Å². The average Bonchev–Trinajstić information content (AvgIpc) is 2.50. The monoisotopic (exact) mass is 306 g/mol. The molecule has 1 amide bonds. The van der Waals surface area contributed by atoms with Gasteiger partial charge in [0.25, 0.3) is 5.91 Å². The van der Waals surface area contributed by atoms with Crippen molar-refractivity contribution in [2.24, 2.45) is 0 Å². The number of anilines is 2. The molecule has 21 heavy (non-hydrogen) atoms. The van der Waals surface area contributed by atoms with E-state index in [-0.39, 0.29) is 10.9 Å². The number of nitrogens with one attached hydrogen (secondary N) is 2. The molecule has 3 rings (SSSR count). The lowest BCUT2D eigenvalue weighted by Gasteiger charge is -2.21. The van der Waals surface area contributed by atoms with Crippen LogP contribution in [0.5, 0.6) is 5.75 Å². The molecule has 6 heteroatoms. The first-order valence-electron chi connectivity index (χ1n) is 6.41. The Morgan fingerprint density at radius 3 is 3.00 bits per heavy atom. The lowest BCUT2D eigenvalue weighted by atomic mass is 10.1. The van der Waals surface area contributed by atoms with E-state index in [9.17, 15) is 9.18 Å². The largest absolute Gasteiger partial charge is 0.489 e. The van der Waals surface area contributed by atoms with Crippen LogP contribution in [-0.2, 0) is 0 Å². The molecule has 1 aliphatic heterocycles. The Morgan fingerprint density at radius 1 is 1.33 bits per heavy atom. The SMILES string of the molecule is O=C(Nc1ccc(Cl)c(F)c1)c1cccc2c1OCCN2. The summed E-state index contributed by atoms with van der Waals surface area (Å²) in [7, 11) is 0. The molecule has 2 aromatic carbocycles. The van der Waals surface area contributed by atoms with Gasteiger partial charge < -0.3 is 15.4 Å². The second-order valence-electron chi connectivity index (χ2n) is 4.54. The maximum Gasteiger partial charge on any atom is 0.259 e. The van der Waals surface area contributed by atoms with Crippen LogP contribution >= 0.6 is 11.6 Å². The van der Waals surface area contributed by atoms with E-state index in [0.717, 1.165) is 5.69 Å². The van der Waals surface area contributed by atoms with Crippen LogP contribution in [-0.4, -0.2) is 19.1 Å². The van der Waals surface area contributed by atoms with E-state index in [1.54, 1.807) is 12.1 Å². The Labute approximate surface area is 125 Å². The molecule has 0 fully saturated rings. The van der Waals surface area contributed by atoms with E-state index >= 15 is 0 Å². The van der Waals surface area contributed by atoms with E-state index in [0.29, 0.717) is 30.2 Å². The van der Waals surface area contributed by atoms with Gasteiger partial charge in [-0.05, 0) is 30.3 Å². The van der Waals surface area contributed by atoms with Crippen molar-refractivity contribution in [3.8, 4) is 5.75 Å². The maximum atomic E-state index is 13.4. The molecule has 1 heterocycles. The number of hydrogen-bond donors (Lipinski definition) is 2. The van der Waals surface area contributed by atoms with E-state index in [1.165, 1.54) is 18.2 Å². The Balaban J connectivity index is 1.87. The quantitative estimate of drug-likeness (QED) is 0.892. The predicted molar refractivity (Wildman–Crippen MR) is 79.8 cm³/mol. The van der Waals surface area contributed by atoms with Crippen molar-refractivity contribution in [2.45, 2.75) is 0 Å². The first kappa shape index (κ1) is 13.7. The van der Waals surface area contributed by atoms with E-state index < -0.39 is 5.82 Å². The molecule has 0 aromatic heterocycles. The minimum atomic E-state index is -0.581. The third-order valence-electron chi connectivity index (χ3n) is 3.10. The topological polar surface area (TPSA) is 50.4 Å². The van der Waals surface area contributed by atoms with Crippen molar-refractivity contribution in [3.63, 3.8) is 0 Å². The summed E-state index contributed by atoms with van der Waals surface area (Å²) >= 11 is 5.61. The van der Waals surface area contributed by atoms with Crippen molar-refractivity contribution >= 4 is 28.9 Å². The van der Waals surface area contributed by atoms with Crippen LogP contribution in [0, 0.1) is 5.82 Å². The Morgan fingerprint density at radius 2 is 2.19 bits per heavy atom. The van der Waals surface area contributed by atoms with Crippen molar-refractivity contribution in [3.05, 3.63) is 52.8 Å². The van der Waals surface area contributed by atoms with Gasteiger partial charge in [-0.3, -0.25) is 4.79 Å². The van der Waals surface area contributed by atoms with Gasteiger partial charge in [-0.2, -0.15) is 0 Å². The van der Waals surface area contributed by atoms with Gasteiger partial charge in [0.1, 0.15) is 12.4 Å². The lowest BCUT2D eigenvalue weighted by Crippen LogP contribution is -2.21. The molecule has 0 aliphatic carbocycles. The molecule has 0 unspecified atom stereocenters. The Hall–Kier alpha value is -2.27. The molecule has 1 aliphatic rings. The fourth-order valence-corrected chi connectivity index (χ4v) is 2.24. The summed E-state index contributed by atoms with van der Waals surface area (Å²) in [6, 6.07) is 9.37. The smallest absolute Gasteiger partial charge is 0.259 e. The molecule has 0 saturated heterocycles. The van der Waals surface area contributed by atoms with Crippen molar-refractivity contribution in [2.75, 3.05) is 23.8 Å². The number of ether oxygens (including phenoxy) is 1. The number of benzene rings is 2. The van der Waals surface area contributed by atoms with Crippen LogP contribution in [0.25, 0.3) is 0 Å². The molecular formula is C15H12ClFN2O2. The first-order chi connectivity index (χ1) is 10.1. The van der Waals surface area contributed by atoms with Crippen LogP contribution in [0.4, 0.5) is 15.8 Å². The van der Waals surface area contributed by atoms with E-state index in [4.69, 9.17) is 16.3 Å². The number of halogens is 2. The zero-order valence-electron chi connectivity index (χ0n) is 11.0. The van der Waals surface area contributed by atoms with Crippen molar-refractivity contribution < 1.29 is 13.9 Å². The molecule has 0 atom stereocenters. The summed E-state index contributed by atoms with van der Waals surface area (Å²) in [6.45, 7) is 1.19. The molecule has 0 radical (unpaired) electrons. The number of carbonyl (C=O) groups excluding carboxylic acids is 1. The van der Waals surface area contributed by atoms with Gasteiger partial charge in [-0.1, -0.05) is 17.7 Å². The fourth-order valence-electron chi connectivity index (χ4n) is 2.12. The maximum absolute atomic E-state index is 13.4. The number of rotatable bonds is 2. The van der Waals surface area contributed by atoms with Gasteiger partial charge in [-0.15, -0.1) is 0 Å². The zero-order chi connectivity index (χ0) is 14.8. The highest BCUT2D eigenvalue weighted by molar-refractivity contribution is 6.30. The Bertz CT molecular complexity index is 706. The average molecular weight is 307 g/mol. The van der Waals surface area contributed by atoms with E-state index in [2.05, 4.69) is 10.6 Å². The number of hydrogen-bond acceptors (Lipinski definition) is 3. The van der Waals surface area contributed by atoms with E-state index in [1.807, 2.05) is 6.07 Å². The summed E-state index contributed by atoms with van der Waals surface area (Å²) in [4.78, 5) is 12.3. The Kier molecular flexibility index (Phi) is 3.66. The molecule has 108 valence electrons. The molecule has 0 saturated carbocycles. The summed E-state index contributed by atoms with van der Waals surface area (Å²) in [5.74, 6) is -0.435. The number of para-hydroxylation sites is 1. The summed E-state index contributed by atoms with van der Waals surface area (Å²) < 4.78 is 18.9. The minimum absolute atomic E-state index is 0.0117. The standard InChI is InChI=1S/C15H12ClFN2O2/c16-11-5-4-9(8-12(11)17)19-15(20)10-2-1-3-13-14(10)21-7-6-18-13/h1-5,8,18H,6-7H2,(H,19,20). The summed E-state index contributed by atoms with van der Waals surface area (Å²) in [5.41, 5.74) is 1.51. The van der Waals surface area contributed by atoms with Crippen molar-refractivity contribution in [1.29, 1.82) is 0 Å². The van der Waals surface area contributed by atoms with Gasteiger partial charge in [0.15, 0.2) is 5.75 Å². The molecule has 2 N–H and O–H groups in total. The lowest BCUT2D eigenvalue weighted by molar-refractivity contribution is 0.102. The fraction of sp³-hybridized carbons (Fsp3) is 0.133. The highest BCUT2D eigenvalue weighted by atomic mass is 35.5. The number of amides is 1. The zero-order valence-corrected chi connectivity index (χ0v) is 11.7. The first-order valence-corrected chi connectivity index (χ1v) is 6.79. The molecule has 2 aromatic rings. The van der Waals surface area contributed by atoms with Gasteiger partial charge in [0.05, 0.1) is 16.3 Å². The summed E-state index contributed by atoms with van der Waals surface area (Å²) in [6.07, 6.45) is 0. The van der Waals surface area contributed by atoms with Crippen LogP contribution < -0.4 is 15.4 Å². The molecule has 0 spiro atoms. The second-order valence-corrected chi connectivity index (χ2v) is 4.95. The third kappa shape index (κ3) is 2.78. The molecule has 0 bridgehead atoms. The number of fused-ring (bicyclic) bond motifs is 1. The van der Waals surface area contributed by atoms with Gasteiger partial charge in [-0.25, -0.2) is 4.39 Å². The molecule has 4 nitrogen and oxygen atoms in total. The number of carbonyl (C=O) groups is 1. The van der Waals surface area contributed by atoms with Crippen LogP contribution in [0.3, 0.4) is 0 Å². The van der Waals surface area contributed by atoms with Crippen LogP contribution in [0.2, 0.25) is 5.02 Å². The second kappa shape index (κ2) is 5.61. The predicted octanol–water partition coefficient (Wildman–Crippen LogP) is 3.54. The third-order valence-corrected chi connectivity index (χ3v) is 3.41. The summed E-state index contributed by atoms with van der Waals surface area (Å²) in [5, 5.41) is 5.80. The van der Waals surface area contributed by atoms with Crippen LogP contribution in [0.1, 0.15) is 10.4 Å². The highest BCUT2D eigenvalue weighted by Crippen LogP contribution is 2.31. The van der Waals surface area contributed by atoms with Crippen molar-refractivity contribution in [1.82, 2.24) is 0 Å². The molecular weight excluding hydrogens is 295 g/mol.